The van der Waals surface area contributed by atoms with E-state index >= 15 is 0 Å². The van der Waals surface area contributed by atoms with Gasteiger partial charge >= 0.3 is 5.97 Å². The number of esters is 1. The Morgan fingerprint density at radius 1 is 1.35 bits per heavy atom. The van der Waals surface area contributed by atoms with E-state index in [0.29, 0.717) is 18.4 Å². The fraction of sp³-hybridized carbons (Fsp3) is 0.611. The smallest absolute Gasteiger partial charge is 0.315 e. The van der Waals surface area contributed by atoms with E-state index in [2.05, 4.69) is 0 Å². The first-order valence-corrected chi connectivity index (χ1v) is 8.22. The van der Waals surface area contributed by atoms with Gasteiger partial charge in [0.25, 0.3) is 0 Å². The number of hydrogen-bond acceptors (Lipinski definition) is 5. The molecule has 5 heteroatoms. The van der Waals surface area contributed by atoms with Crippen LogP contribution in [0.1, 0.15) is 37.8 Å². The maximum absolute atomic E-state index is 12.9. The number of aliphatic hydroxyl groups excluding tert-OH is 2. The van der Waals surface area contributed by atoms with Crippen molar-refractivity contribution < 1.29 is 24.9 Å². The Bertz CT molecular complexity index is 615. The van der Waals surface area contributed by atoms with Crippen molar-refractivity contribution in [2.75, 3.05) is 6.61 Å². The predicted molar refractivity (Wildman–Crippen MR) is 83.5 cm³/mol. The molecule has 0 aromatic heterocycles. The molecule has 2 aliphatic carbocycles. The van der Waals surface area contributed by atoms with Crippen molar-refractivity contribution in [2.24, 2.45) is 11.3 Å². The highest BCUT2D eigenvalue weighted by atomic mass is 16.5. The average molecular weight is 320 g/mol. The van der Waals surface area contributed by atoms with Crippen LogP contribution in [-0.2, 0) is 21.6 Å². The van der Waals surface area contributed by atoms with Crippen molar-refractivity contribution in [3.05, 3.63) is 35.4 Å². The molecule has 0 bridgehead atoms. The lowest BCUT2D eigenvalue weighted by atomic mass is 9.49. The summed E-state index contributed by atoms with van der Waals surface area (Å²) in [5, 5.41) is 32.2. The molecule has 3 N–H and O–H groups in total. The summed E-state index contributed by atoms with van der Waals surface area (Å²) in [5.41, 5.74) is -1.13. The van der Waals surface area contributed by atoms with Crippen LogP contribution in [0.25, 0.3) is 0 Å². The molecule has 3 rings (SSSR count). The maximum Gasteiger partial charge on any atom is 0.315 e. The van der Waals surface area contributed by atoms with Crippen LogP contribution in [0.3, 0.4) is 0 Å². The van der Waals surface area contributed by atoms with E-state index in [-0.39, 0.29) is 13.0 Å². The van der Waals surface area contributed by atoms with E-state index < -0.39 is 35.1 Å². The van der Waals surface area contributed by atoms with E-state index in [1.807, 2.05) is 18.2 Å². The summed E-state index contributed by atoms with van der Waals surface area (Å²) in [6, 6.07) is 7.46. The Balaban J connectivity index is 2.21. The zero-order valence-corrected chi connectivity index (χ0v) is 13.5. The fourth-order valence-electron chi connectivity index (χ4n) is 4.58. The van der Waals surface area contributed by atoms with Crippen LogP contribution in [0.15, 0.2) is 24.3 Å². The van der Waals surface area contributed by atoms with Crippen LogP contribution in [-0.4, -0.2) is 40.1 Å². The lowest BCUT2D eigenvalue weighted by molar-refractivity contribution is -0.236. The molecule has 0 saturated heterocycles. The molecule has 1 aromatic carbocycles. The summed E-state index contributed by atoms with van der Waals surface area (Å²) in [6.45, 7) is 3.65. The van der Waals surface area contributed by atoms with Crippen LogP contribution >= 0.6 is 0 Å². The highest BCUT2D eigenvalue weighted by Gasteiger charge is 2.67. The highest BCUT2D eigenvalue weighted by molar-refractivity contribution is 5.80. The number of aryl methyl sites for hydroxylation is 1. The van der Waals surface area contributed by atoms with Gasteiger partial charge in [0.15, 0.2) is 0 Å². The van der Waals surface area contributed by atoms with Gasteiger partial charge in [-0.25, -0.2) is 0 Å². The molecule has 0 radical (unpaired) electrons. The average Bonchev–Trinajstić information content (AvgIpc) is 2.53. The summed E-state index contributed by atoms with van der Waals surface area (Å²) >= 11 is 0. The number of benzene rings is 1. The second kappa shape index (κ2) is 5.58. The Morgan fingerprint density at radius 2 is 2.04 bits per heavy atom. The number of aliphatic hydroxyl groups is 3. The maximum atomic E-state index is 12.9. The van der Waals surface area contributed by atoms with Gasteiger partial charge < -0.3 is 20.1 Å². The first-order chi connectivity index (χ1) is 10.9. The fourth-order valence-corrected chi connectivity index (χ4v) is 4.58. The minimum atomic E-state index is -1.54. The first kappa shape index (κ1) is 16.4. The van der Waals surface area contributed by atoms with Crippen molar-refractivity contribution in [1.29, 1.82) is 0 Å². The first-order valence-electron chi connectivity index (χ1n) is 8.22. The van der Waals surface area contributed by atoms with Crippen LogP contribution in [0.4, 0.5) is 0 Å². The van der Waals surface area contributed by atoms with Gasteiger partial charge in [-0.2, -0.15) is 0 Å². The van der Waals surface area contributed by atoms with E-state index in [1.165, 1.54) is 0 Å². The number of ether oxygens (including phenoxy) is 1. The van der Waals surface area contributed by atoms with Crippen LogP contribution in [0, 0.1) is 11.3 Å². The van der Waals surface area contributed by atoms with E-state index in [1.54, 1.807) is 19.9 Å². The normalized spacial score (nSPS) is 39.3. The van der Waals surface area contributed by atoms with Crippen molar-refractivity contribution in [3.63, 3.8) is 0 Å². The molecule has 0 heterocycles. The van der Waals surface area contributed by atoms with Crippen molar-refractivity contribution >= 4 is 5.97 Å². The number of carbonyl (C=O) groups is 1. The predicted octanol–water partition coefficient (Wildman–Crippen LogP) is 1.13. The topological polar surface area (TPSA) is 87.0 Å². The molecule has 5 atom stereocenters. The Hall–Kier alpha value is -1.43. The lowest BCUT2D eigenvalue weighted by Crippen LogP contribution is -2.66. The Morgan fingerprint density at radius 3 is 2.74 bits per heavy atom. The molecule has 1 saturated carbocycles. The summed E-state index contributed by atoms with van der Waals surface area (Å²) < 4.78 is 5.28. The molecule has 23 heavy (non-hydrogen) atoms. The zero-order valence-electron chi connectivity index (χ0n) is 13.5. The van der Waals surface area contributed by atoms with Gasteiger partial charge in [0.05, 0.1) is 18.8 Å². The molecule has 0 aliphatic heterocycles. The molecule has 1 fully saturated rings. The third-order valence-electron chi connectivity index (χ3n) is 5.82. The molecule has 2 aliphatic rings. The van der Waals surface area contributed by atoms with Crippen LogP contribution < -0.4 is 0 Å². The molecule has 126 valence electrons. The van der Waals surface area contributed by atoms with Gasteiger partial charge in [-0.1, -0.05) is 31.2 Å². The standard InChI is InChI=1S/C18H24O5/c1-3-23-16(21)17-9-8-12-6-4-5-7-13(12)18(17,22)10-14(19)15(20)11(17)2/h4-7,11,14-15,19-20,22H,3,8-10H2,1-2H3/t11-,14+,15-,17+,18+/m0/s1. The third-order valence-corrected chi connectivity index (χ3v) is 5.82. The number of rotatable bonds is 2. The van der Waals surface area contributed by atoms with Crippen molar-refractivity contribution in [2.45, 2.75) is 50.9 Å². The number of carbonyl (C=O) groups excluding carboxylic acids is 1. The van der Waals surface area contributed by atoms with Crippen molar-refractivity contribution in [3.8, 4) is 0 Å². The monoisotopic (exact) mass is 320 g/mol. The largest absolute Gasteiger partial charge is 0.465 e. The highest BCUT2D eigenvalue weighted by Crippen LogP contribution is 2.59. The second-order valence-corrected chi connectivity index (χ2v) is 6.76. The van der Waals surface area contributed by atoms with Gasteiger partial charge in [-0.05, 0) is 30.9 Å². The third kappa shape index (κ3) is 2.07. The summed E-state index contributed by atoms with van der Waals surface area (Å²) in [6.07, 6.45) is -1.20. The number of hydrogen-bond donors (Lipinski definition) is 3. The van der Waals surface area contributed by atoms with E-state index in [0.717, 1.165) is 5.56 Å². The molecule has 5 nitrogen and oxygen atoms in total. The molecule has 0 spiro atoms. The minimum absolute atomic E-state index is 0.0751. The molecule has 1 aromatic rings. The van der Waals surface area contributed by atoms with Gasteiger partial charge in [0.2, 0.25) is 0 Å². The summed E-state index contributed by atoms with van der Waals surface area (Å²) in [7, 11) is 0. The van der Waals surface area contributed by atoms with Crippen LogP contribution in [0.2, 0.25) is 0 Å². The Labute approximate surface area is 135 Å². The Kier molecular flexibility index (Phi) is 3.99. The summed E-state index contributed by atoms with van der Waals surface area (Å²) in [4.78, 5) is 12.9. The second-order valence-electron chi connectivity index (χ2n) is 6.76. The zero-order chi connectivity index (χ0) is 16.8. The summed E-state index contributed by atoms with van der Waals surface area (Å²) in [5.74, 6) is -1.10. The molecular weight excluding hydrogens is 296 g/mol. The van der Waals surface area contributed by atoms with Gasteiger partial charge in [0, 0.05) is 12.3 Å². The van der Waals surface area contributed by atoms with Gasteiger partial charge in [-0.15, -0.1) is 0 Å². The van der Waals surface area contributed by atoms with E-state index in [9.17, 15) is 20.1 Å². The van der Waals surface area contributed by atoms with Gasteiger partial charge in [-0.3, -0.25) is 4.79 Å². The molecular formula is C18H24O5. The van der Waals surface area contributed by atoms with Crippen molar-refractivity contribution in [1.82, 2.24) is 0 Å². The lowest BCUT2D eigenvalue weighted by Gasteiger charge is -2.57. The van der Waals surface area contributed by atoms with Gasteiger partial charge in [0.1, 0.15) is 11.0 Å². The molecule has 0 amide bonds. The molecule has 0 unspecified atom stereocenters. The quantitative estimate of drug-likeness (QED) is 0.711. The minimum Gasteiger partial charge on any atom is -0.465 e. The van der Waals surface area contributed by atoms with E-state index in [4.69, 9.17) is 4.74 Å². The number of fused-ring (bicyclic) bond motifs is 3. The van der Waals surface area contributed by atoms with Crippen LogP contribution in [0.5, 0.6) is 0 Å². The SMILES string of the molecule is CCOC(=O)[C@]12CCc3ccccc3[C@]1(O)C[C@@H](O)[C@@H](O)[C@@H]2C.